The summed E-state index contributed by atoms with van der Waals surface area (Å²) in [6.45, 7) is 1.51. The minimum Gasteiger partial charge on any atom is -0.436 e. The van der Waals surface area contributed by atoms with Gasteiger partial charge in [-0.3, -0.25) is 9.59 Å². The summed E-state index contributed by atoms with van der Waals surface area (Å²) in [6.07, 6.45) is 2.21. The van der Waals surface area contributed by atoms with E-state index in [1.807, 2.05) is 18.2 Å². The zero-order valence-electron chi connectivity index (χ0n) is 12.4. The second kappa shape index (κ2) is 6.27. The van der Waals surface area contributed by atoms with Gasteiger partial charge in [0.1, 0.15) is 5.52 Å². The van der Waals surface area contributed by atoms with E-state index in [2.05, 4.69) is 10.3 Å². The lowest BCUT2D eigenvalue weighted by Gasteiger charge is -2.02. The van der Waals surface area contributed by atoms with Gasteiger partial charge in [0.05, 0.1) is 5.57 Å². The summed E-state index contributed by atoms with van der Waals surface area (Å²) in [4.78, 5) is 26.8. The molecule has 0 amide bonds. The summed E-state index contributed by atoms with van der Waals surface area (Å²) in [5, 5.41) is 3.00. The number of carbonyl (C=O) groups excluding carboxylic acids is 2. The van der Waals surface area contributed by atoms with E-state index in [0.717, 1.165) is 5.69 Å². The fourth-order valence-corrected chi connectivity index (χ4v) is 2.10. The number of anilines is 1. The molecule has 0 bridgehead atoms. The highest BCUT2D eigenvalue weighted by Gasteiger charge is 2.09. The van der Waals surface area contributed by atoms with E-state index in [9.17, 15) is 9.59 Å². The van der Waals surface area contributed by atoms with E-state index in [-0.39, 0.29) is 11.7 Å². The Hall–Kier alpha value is -3.21. The lowest BCUT2D eigenvalue weighted by Crippen LogP contribution is -1.95. The zero-order chi connectivity index (χ0) is 16.2. The third-order valence-corrected chi connectivity index (χ3v) is 3.35. The molecule has 3 rings (SSSR count). The van der Waals surface area contributed by atoms with Crippen LogP contribution in [-0.2, 0) is 4.79 Å². The monoisotopic (exact) mass is 306 g/mol. The highest BCUT2D eigenvalue weighted by molar-refractivity contribution is 6.06. The Morgan fingerprint density at radius 2 is 1.87 bits per heavy atom. The van der Waals surface area contributed by atoms with Gasteiger partial charge in [0, 0.05) is 17.5 Å². The number of carbonyl (C=O) groups is 2. The summed E-state index contributed by atoms with van der Waals surface area (Å²) in [7, 11) is 0. The smallest absolute Gasteiger partial charge is 0.232 e. The maximum absolute atomic E-state index is 11.3. The Kier molecular flexibility index (Phi) is 4.01. The molecule has 0 aliphatic heterocycles. The van der Waals surface area contributed by atoms with Crippen molar-refractivity contribution < 1.29 is 14.0 Å². The second-order valence-corrected chi connectivity index (χ2v) is 4.98. The van der Waals surface area contributed by atoms with Crippen LogP contribution in [0.4, 0.5) is 5.69 Å². The highest BCUT2D eigenvalue weighted by Crippen LogP contribution is 2.20. The van der Waals surface area contributed by atoms with Gasteiger partial charge in [-0.2, -0.15) is 0 Å². The van der Waals surface area contributed by atoms with Gasteiger partial charge in [0.25, 0.3) is 0 Å². The number of hydrogen-bond donors (Lipinski definition) is 1. The number of aldehydes is 1. The van der Waals surface area contributed by atoms with E-state index in [1.54, 1.807) is 30.3 Å². The molecule has 5 nitrogen and oxygen atoms in total. The summed E-state index contributed by atoms with van der Waals surface area (Å²) < 4.78 is 5.56. The first-order chi connectivity index (χ1) is 11.2. The molecule has 0 aliphatic carbocycles. The van der Waals surface area contributed by atoms with Crippen molar-refractivity contribution >= 4 is 34.4 Å². The number of rotatable bonds is 5. The average Bonchev–Trinajstić information content (AvgIpc) is 2.99. The van der Waals surface area contributed by atoms with E-state index in [1.165, 1.54) is 13.1 Å². The van der Waals surface area contributed by atoms with Crippen LogP contribution in [0.2, 0.25) is 0 Å². The number of ketones is 1. The quantitative estimate of drug-likeness (QED) is 0.442. The van der Waals surface area contributed by atoms with Gasteiger partial charge in [-0.15, -0.1) is 0 Å². The fourth-order valence-electron chi connectivity index (χ4n) is 2.10. The molecule has 0 saturated heterocycles. The SMILES string of the molecule is CC(=O)c1ccc(N/C=C(\C=O)c2nc3ccccc3o2)cc1. The van der Waals surface area contributed by atoms with Crippen LogP contribution >= 0.6 is 0 Å². The maximum Gasteiger partial charge on any atom is 0.232 e. The molecular weight excluding hydrogens is 292 g/mol. The van der Waals surface area contributed by atoms with Crippen molar-refractivity contribution in [2.24, 2.45) is 0 Å². The maximum atomic E-state index is 11.3. The minimum absolute atomic E-state index is 0.00662. The van der Waals surface area contributed by atoms with Crippen LogP contribution in [0.5, 0.6) is 0 Å². The second-order valence-electron chi connectivity index (χ2n) is 4.98. The summed E-state index contributed by atoms with van der Waals surface area (Å²) in [6, 6.07) is 14.3. The van der Waals surface area contributed by atoms with Crippen molar-refractivity contribution in [3.63, 3.8) is 0 Å². The average molecular weight is 306 g/mol. The molecule has 2 aromatic carbocycles. The van der Waals surface area contributed by atoms with Crippen LogP contribution in [-0.4, -0.2) is 17.1 Å². The Bertz CT molecular complexity index is 859. The first-order valence-corrected chi connectivity index (χ1v) is 7.06. The fraction of sp³-hybridized carbons (Fsp3) is 0.0556. The summed E-state index contributed by atoms with van der Waals surface area (Å²) in [5.74, 6) is 0.265. The number of allylic oxidation sites excluding steroid dienone is 1. The summed E-state index contributed by atoms with van der Waals surface area (Å²) in [5.41, 5.74) is 3.01. The van der Waals surface area contributed by atoms with E-state index in [4.69, 9.17) is 4.42 Å². The standard InChI is InChI=1S/C18H14N2O3/c1-12(22)13-6-8-15(9-7-13)19-10-14(11-21)18-20-16-4-2-3-5-17(16)23-18/h2-11,19H,1H3/b14-10+. The number of nitrogens with one attached hydrogen (secondary N) is 1. The number of Topliss-reactive ketones (excluding diaryl/α,β-unsaturated/α-hetero) is 1. The molecule has 1 heterocycles. The van der Waals surface area contributed by atoms with Crippen molar-refractivity contribution in [1.29, 1.82) is 0 Å². The topological polar surface area (TPSA) is 72.2 Å². The van der Waals surface area contributed by atoms with Crippen LogP contribution in [0.25, 0.3) is 16.7 Å². The molecule has 0 unspecified atom stereocenters. The number of fused-ring (bicyclic) bond motifs is 1. The lowest BCUT2D eigenvalue weighted by atomic mass is 10.1. The van der Waals surface area contributed by atoms with Gasteiger partial charge < -0.3 is 9.73 Å². The molecule has 1 N–H and O–H groups in total. The third-order valence-electron chi connectivity index (χ3n) is 3.35. The largest absolute Gasteiger partial charge is 0.436 e. The normalized spacial score (nSPS) is 11.4. The number of hydrogen-bond acceptors (Lipinski definition) is 5. The molecule has 3 aromatic rings. The van der Waals surface area contributed by atoms with Gasteiger partial charge in [0.2, 0.25) is 5.89 Å². The molecule has 114 valence electrons. The predicted molar refractivity (Wildman–Crippen MR) is 88.1 cm³/mol. The first kappa shape index (κ1) is 14.7. The van der Waals surface area contributed by atoms with E-state index in [0.29, 0.717) is 28.5 Å². The van der Waals surface area contributed by atoms with Crippen LogP contribution in [0, 0.1) is 0 Å². The van der Waals surface area contributed by atoms with Gasteiger partial charge in [0.15, 0.2) is 17.7 Å². The van der Waals surface area contributed by atoms with Crippen molar-refractivity contribution in [3.8, 4) is 0 Å². The van der Waals surface area contributed by atoms with Gasteiger partial charge in [-0.05, 0) is 43.3 Å². The van der Waals surface area contributed by atoms with Crippen molar-refractivity contribution in [2.45, 2.75) is 6.92 Å². The molecule has 23 heavy (non-hydrogen) atoms. The molecule has 0 aliphatic rings. The zero-order valence-corrected chi connectivity index (χ0v) is 12.4. The molecule has 0 spiro atoms. The molecule has 0 atom stereocenters. The van der Waals surface area contributed by atoms with Crippen LogP contribution in [0.15, 0.2) is 59.1 Å². The Labute approximate surface area is 132 Å². The molecular formula is C18H14N2O3. The van der Waals surface area contributed by atoms with Crippen LogP contribution in [0.1, 0.15) is 23.2 Å². The van der Waals surface area contributed by atoms with Crippen molar-refractivity contribution in [1.82, 2.24) is 4.98 Å². The molecule has 0 fully saturated rings. The lowest BCUT2D eigenvalue weighted by molar-refractivity contribution is -0.103. The Morgan fingerprint density at radius 1 is 1.13 bits per heavy atom. The Morgan fingerprint density at radius 3 is 2.52 bits per heavy atom. The van der Waals surface area contributed by atoms with E-state index < -0.39 is 0 Å². The molecule has 1 aromatic heterocycles. The molecule has 0 radical (unpaired) electrons. The van der Waals surface area contributed by atoms with Crippen LogP contribution in [0.3, 0.4) is 0 Å². The molecule has 0 saturated carbocycles. The first-order valence-electron chi connectivity index (χ1n) is 7.06. The predicted octanol–water partition coefficient (Wildman–Crippen LogP) is 3.68. The Balaban J connectivity index is 1.83. The number of benzene rings is 2. The third kappa shape index (κ3) is 3.18. The van der Waals surface area contributed by atoms with E-state index >= 15 is 0 Å². The van der Waals surface area contributed by atoms with Gasteiger partial charge in [-0.25, -0.2) is 4.98 Å². The molecule has 5 heteroatoms. The summed E-state index contributed by atoms with van der Waals surface area (Å²) >= 11 is 0. The number of para-hydroxylation sites is 2. The highest BCUT2D eigenvalue weighted by atomic mass is 16.3. The van der Waals surface area contributed by atoms with Crippen LogP contribution < -0.4 is 5.32 Å². The van der Waals surface area contributed by atoms with Crippen molar-refractivity contribution in [2.75, 3.05) is 5.32 Å². The minimum atomic E-state index is 0.00662. The van der Waals surface area contributed by atoms with Gasteiger partial charge >= 0.3 is 0 Å². The van der Waals surface area contributed by atoms with Crippen molar-refractivity contribution in [3.05, 3.63) is 66.2 Å². The number of aromatic nitrogens is 1. The number of oxazole rings is 1. The number of nitrogens with zero attached hydrogens (tertiary/aromatic N) is 1. The van der Waals surface area contributed by atoms with Gasteiger partial charge in [-0.1, -0.05) is 12.1 Å².